The molecule has 0 bridgehead atoms. The lowest BCUT2D eigenvalue weighted by molar-refractivity contribution is 1.13. The molecule has 0 saturated carbocycles. The van der Waals surface area contributed by atoms with E-state index < -0.39 is 0 Å². The summed E-state index contributed by atoms with van der Waals surface area (Å²) in [7, 11) is 0. The molecule has 0 amide bonds. The van der Waals surface area contributed by atoms with Gasteiger partial charge >= 0.3 is 0 Å². The molecule has 0 saturated heterocycles. The molecule has 3 heterocycles. The molecule has 2 aliphatic rings. The number of hydrogen-bond donors (Lipinski definition) is 0. The highest BCUT2D eigenvalue weighted by Gasteiger charge is 2.10. The summed E-state index contributed by atoms with van der Waals surface area (Å²) in [5.74, 6) is 0. The van der Waals surface area contributed by atoms with Gasteiger partial charge in [0.2, 0.25) is 0 Å². The third-order valence-electron chi connectivity index (χ3n) is 1.87. The fraction of sp³-hybridized carbons (Fsp3) is 0. The minimum absolute atomic E-state index is 0.739. The average molecular weight is 156 g/mol. The number of aliphatic imine (C=N–C) groups is 1. The molecule has 0 spiro atoms. The van der Waals surface area contributed by atoms with Gasteiger partial charge in [-0.25, -0.2) is 20.0 Å². The fourth-order valence-electron chi connectivity index (χ4n) is 1.31. The predicted molar refractivity (Wildman–Crippen MR) is 43.7 cm³/mol. The molecular weight excluding hydrogens is 152 g/mol. The zero-order valence-electron chi connectivity index (χ0n) is 6.10. The van der Waals surface area contributed by atoms with Gasteiger partial charge in [-0.3, -0.25) is 0 Å². The van der Waals surface area contributed by atoms with Crippen LogP contribution in [0.3, 0.4) is 0 Å². The summed E-state index contributed by atoms with van der Waals surface area (Å²) in [4.78, 5) is 16.4. The van der Waals surface area contributed by atoms with Crippen LogP contribution in [0.5, 0.6) is 0 Å². The number of hydrogen-bond acceptors (Lipinski definition) is 4. The first-order chi connectivity index (χ1) is 5.95. The van der Waals surface area contributed by atoms with Gasteiger partial charge in [-0.05, 0) is 6.08 Å². The molecule has 56 valence electrons. The maximum atomic E-state index is 4.13. The normalized spacial score (nSPS) is 15.3. The Morgan fingerprint density at radius 2 is 2.17 bits per heavy atom. The number of aromatic nitrogens is 1. The van der Waals surface area contributed by atoms with Gasteiger partial charge < -0.3 is 0 Å². The summed E-state index contributed by atoms with van der Waals surface area (Å²) < 4.78 is 0. The van der Waals surface area contributed by atoms with E-state index in [1.807, 2.05) is 6.08 Å². The molecule has 1 aromatic heterocycles. The number of nitrogens with zero attached hydrogens (tertiary/aromatic N) is 4. The fourth-order valence-corrected chi connectivity index (χ4v) is 1.31. The predicted octanol–water partition coefficient (Wildman–Crippen LogP) is -0.0215. The second-order valence-electron chi connectivity index (χ2n) is 2.55. The van der Waals surface area contributed by atoms with Crippen molar-refractivity contribution in [1.82, 2.24) is 4.98 Å². The van der Waals surface area contributed by atoms with Crippen LogP contribution in [0, 0.1) is 0 Å². The SMILES string of the molecule is C1=Cc2c3c(cnc2=N1)=NC=N3. The van der Waals surface area contributed by atoms with E-state index in [9.17, 15) is 0 Å². The Bertz CT molecular complexity index is 476. The lowest BCUT2D eigenvalue weighted by Gasteiger charge is -1.92. The van der Waals surface area contributed by atoms with E-state index in [2.05, 4.69) is 20.0 Å². The van der Waals surface area contributed by atoms with Gasteiger partial charge in [-0.1, -0.05) is 0 Å². The Morgan fingerprint density at radius 3 is 3.17 bits per heavy atom. The molecule has 4 nitrogen and oxygen atoms in total. The van der Waals surface area contributed by atoms with Crippen molar-refractivity contribution in [1.29, 1.82) is 0 Å². The Morgan fingerprint density at radius 1 is 1.17 bits per heavy atom. The van der Waals surface area contributed by atoms with Crippen molar-refractivity contribution in [3.63, 3.8) is 0 Å². The van der Waals surface area contributed by atoms with Gasteiger partial charge in [0.15, 0.2) is 5.49 Å². The lowest BCUT2D eigenvalue weighted by atomic mass is 10.2. The first kappa shape index (κ1) is 5.77. The molecule has 1 aromatic rings. The summed E-state index contributed by atoms with van der Waals surface area (Å²) in [6, 6.07) is 0. The number of fused-ring (bicyclic) bond motifs is 3. The van der Waals surface area contributed by atoms with Crippen molar-refractivity contribution in [2.24, 2.45) is 15.0 Å². The summed E-state index contributed by atoms with van der Waals surface area (Å²) in [5, 5.41) is 0.829. The lowest BCUT2D eigenvalue weighted by Crippen LogP contribution is -2.15. The highest BCUT2D eigenvalue weighted by Crippen LogP contribution is 2.14. The first-order valence-electron chi connectivity index (χ1n) is 3.59. The molecule has 3 rings (SSSR count). The van der Waals surface area contributed by atoms with Crippen LogP contribution in [0.25, 0.3) is 6.08 Å². The number of pyridine rings is 1. The van der Waals surface area contributed by atoms with Crippen LogP contribution in [-0.2, 0) is 0 Å². The van der Waals surface area contributed by atoms with E-state index in [0.29, 0.717) is 0 Å². The van der Waals surface area contributed by atoms with Gasteiger partial charge in [0, 0.05) is 11.8 Å². The van der Waals surface area contributed by atoms with Crippen molar-refractivity contribution in [3.8, 4) is 0 Å². The van der Waals surface area contributed by atoms with Crippen molar-refractivity contribution in [3.05, 3.63) is 28.8 Å². The van der Waals surface area contributed by atoms with Crippen molar-refractivity contribution in [2.45, 2.75) is 0 Å². The quantitative estimate of drug-likeness (QED) is 0.520. The smallest absolute Gasteiger partial charge is 0.161 e. The van der Waals surface area contributed by atoms with Crippen LogP contribution in [0.15, 0.2) is 27.4 Å². The molecule has 0 aliphatic carbocycles. The topological polar surface area (TPSA) is 50.0 Å². The Hall–Kier alpha value is -1.84. The van der Waals surface area contributed by atoms with Crippen LogP contribution in [0.1, 0.15) is 5.56 Å². The number of rotatable bonds is 0. The monoisotopic (exact) mass is 156 g/mol. The minimum Gasteiger partial charge on any atom is -0.237 e. The van der Waals surface area contributed by atoms with E-state index in [1.165, 1.54) is 0 Å². The van der Waals surface area contributed by atoms with E-state index in [1.54, 1.807) is 18.7 Å². The largest absolute Gasteiger partial charge is 0.237 e. The molecule has 0 atom stereocenters. The second kappa shape index (κ2) is 1.85. The first-order valence-corrected chi connectivity index (χ1v) is 3.59. The van der Waals surface area contributed by atoms with Gasteiger partial charge in [-0.2, -0.15) is 0 Å². The zero-order valence-corrected chi connectivity index (χ0v) is 6.10. The minimum atomic E-state index is 0.739. The van der Waals surface area contributed by atoms with Crippen molar-refractivity contribution < 1.29 is 0 Å². The van der Waals surface area contributed by atoms with Crippen LogP contribution < -0.4 is 10.8 Å². The van der Waals surface area contributed by atoms with Crippen LogP contribution >= 0.6 is 0 Å². The molecular formula is C8H4N4. The Labute approximate surface area is 67.7 Å². The summed E-state index contributed by atoms with van der Waals surface area (Å²) in [5.41, 5.74) is 2.60. The van der Waals surface area contributed by atoms with E-state index >= 15 is 0 Å². The average Bonchev–Trinajstić information content (AvgIpc) is 2.71. The standard InChI is InChI=1S/C8H4N4/c1-2-9-8-5(1)7-6(3-10-8)11-4-12-7/h1-4H. The van der Waals surface area contributed by atoms with E-state index in [-0.39, 0.29) is 0 Å². The van der Waals surface area contributed by atoms with Gasteiger partial charge in [0.25, 0.3) is 0 Å². The summed E-state index contributed by atoms with van der Waals surface area (Å²) in [6.07, 6.45) is 6.86. The van der Waals surface area contributed by atoms with Crippen molar-refractivity contribution in [2.75, 3.05) is 0 Å². The molecule has 0 radical (unpaired) electrons. The summed E-state index contributed by atoms with van der Waals surface area (Å²) in [6.45, 7) is 0. The molecule has 0 aromatic carbocycles. The molecule has 0 unspecified atom stereocenters. The highest BCUT2D eigenvalue weighted by molar-refractivity contribution is 5.73. The molecule has 0 fully saturated rings. The maximum Gasteiger partial charge on any atom is 0.161 e. The highest BCUT2D eigenvalue weighted by atomic mass is 15.0. The third-order valence-corrected chi connectivity index (χ3v) is 1.87. The zero-order chi connectivity index (χ0) is 7.97. The molecule has 12 heavy (non-hydrogen) atoms. The Kier molecular flexibility index (Phi) is 0.889. The molecule has 0 N–H and O–H groups in total. The summed E-state index contributed by atoms with van der Waals surface area (Å²) >= 11 is 0. The molecule has 4 heteroatoms. The van der Waals surface area contributed by atoms with Crippen molar-refractivity contribution >= 4 is 18.1 Å². The van der Waals surface area contributed by atoms with Crippen LogP contribution in [0.2, 0.25) is 0 Å². The van der Waals surface area contributed by atoms with Gasteiger partial charge in [0.05, 0.1) is 6.20 Å². The third kappa shape index (κ3) is 0.567. The van der Waals surface area contributed by atoms with Crippen LogP contribution in [0.4, 0.5) is 5.69 Å². The van der Waals surface area contributed by atoms with E-state index in [0.717, 1.165) is 22.1 Å². The van der Waals surface area contributed by atoms with Crippen LogP contribution in [-0.4, -0.2) is 11.3 Å². The van der Waals surface area contributed by atoms with Gasteiger partial charge in [-0.15, -0.1) is 0 Å². The Balaban J connectivity index is 2.57. The van der Waals surface area contributed by atoms with Gasteiger partial charge in [0.1, 0.15) is 17.4 Å². The second-order valence-corrected chi connectivity index (χ2v) is 2.55. The maximum absolute atomic E-state index is 4.13. The van der Waals surface area contributed by atoms with E-state index in [4.69, 9.17) is 0 Å². The molecule has 2 aliphatic heterocycles.